The number of halogens is 6. The Morgan fingerprint density at radius 2 is 1.32 bits per heavy atom. The average molecular weight is 363 g/mol. The average Bonchev–Trinajstić information content (AvgIpc) is 2.45. The maximum absolute atomic E-state index is 13.9. The molecule has 0 aliphatic carbocycles. The summed E-state index contributed by atoms with van der Waals surface area (Å²) in [6, 6.07) is 5.29. The molecule has 0 heterocycles. The second-order valence-corrected chi connectivity index (χ2v) is 5.63. The predicted molar refractivity (Wildman–Crippen MR) is 83.7 cm³/mol. The van der Waals surface area contributed by atoms with Gasteiger partial charge in [0.2, 0.25) is 5.41 Å². The molecule has 0 amide bonds. The second-order valence-electron chi connectivity index (χ2n) is 5.63. The molecule has 6 N–H and O–H groups in total. The van der Waals surface area contributed by atoms with Crippen LogP contribution in [-0.4, -0.2) is 12.4 Å². The van der Waals surface area contributed by atoms with E-state index < -0.39 is 34.6 Å². The van der Waals surface area contributed by atoms with Gasteiger partial charge in [-0.2, -0.15) is 26.3 Å². The van der Waals surface area contributed by atoms with Gasteiger partial charge in [0.25, 0.3) is 0 Å². The van der Waals surface area contributed by atoms with Crippen LogP contribution in [0, 0.1) is 6.92 Å². The molecule has 0 spiro atoms. The summed E-state index contributed by atoms with van der Waals surface area (Å²) in [6.45, 7) is 1.47. The highest BCUT2D eigenvalue weighted by molar-refractivity contribution is 5.71. The fourth-order valence-corrected chi connectivity index (χ4v) is 2.73. The first-order valence-corrected chi connectivity index (χ1v) is 6.98. The molecule has 9 heteroatoms. The number of nitrogens with two attached hydrogens (primary N) is 3. The van der Waals surface area contributed by atoms with Crippen molar-refractivity contribution in [2.24, 2.45) is 0 Å². The zero-order chi connectivity index (χ0) is 19.2. The van der Waals surface area contributed by atoms with E-state index in [0.29, 0.717) is 17.7 Å². The summed E-state index contributed by atoms with van der Waals surface area (Å²) in [5.74, 6) is 0. The Labute approximate surface area is 139 Å². The van der Waals surface area contributed by atoms with E-state index in [0.717, 1.165) is 24.3 Å². The number of para-hydroxylation sites is 1. The molecule has 25 heavy (non-hydrogen) atoms. The Bertz CT molecular complexity index is 781. The van der Waals surface area contributed by atoms with E-state index >= 15 is 0 Å². The normalized spacial score (nSPS) is 13.1. The lowest BCUT2D eigenvalue weighted by molar-refractivity contribution is -0.288. The van der Waals surface area contributed by atoms with Gasteiger partial charge in [0.05, 0.1) is 11.4 Å². The summed E-state index contributed by atoms with van der Waals surface area (Å²) in [4.78, 5) is 0. The van der Waals surface area contributed by atoms with Crippen molar-refractivity contribution in [3.05, 3.63) is 53.1 Å². The molecule has 0 radical (unpaired) electrons. The largest absolute Gasteiger partial charge is 0.411 e. The Balaban J connectivity index is 3.02. The Hall–Kier alpha value is -2.58. The van der Waals surface area contributed by atoms with Crippen LogP contribution in [0.3, 0.4) is 0 Å². The van der Waals surface area contributed by atoms with E-state index in [-0.39, 0.29) is 11.4 Å². The first-order chi connectivity index (χ1) is 11.3. The van der Waals surface area contributed by atoms with Gasteiger partial charge in [-0.05, 0) is 30.2 Å². The molecule has 0 saturated heterocycles. The first-order valence-electron chi connectivity index (χ1n) is 6.98. The van der Waals surface area contributed by atoms with Crippen LogP contribution in [0.4, 0.5) is 43.4 Å². The SMILES string of the molecule is Cc1ccc(C(c2cccc(N)c2N)(C(F)(F)F)C(F)(F)F)cc1N. The van der Waals surface area contributed by atoms with E-state index in [1.165, 1.54) is 6.92 Å². The lowest BCUT2D eigenvalue weighted by Gasteiger charge is -2.39. The topological polar surface area (TPSA) is 78.1 Å². The highest BCUT2D eigenvalue weighted by Gasteiger charge is 2.73. The third-order valence-electron chi connectivity index (χ3n) is 4.11. The van der Waals surface area contributed by atoms with E-state index in [1.807, 2.05) is 0 Å². The number of hydrogen-bond acceptors (Lipinski definition) is 3. The molecule has 0 unspecified atom stereocenters. The molecule has 3 nitrogen and oxygen atoms in total. The molecule has 2 aromatic carbocycles. The van der Waals surface area contributed by atoms with Crippen LogP contribution in [0.5, 0.6) is 0 Å². The van der Waals surface area contributed by atoms with Gasteiger partial charge in [0.15, 0.2) is 0 Å². The lowest BCUT2D eigenvalue weighted by Crippen LogP contribution is -2.55. The Morgan fingerprint density at radius 1 is 0.760 bits per heavy atom. The van der Waals surface area contributed by atoms with Crippen LogP contribution in [0.1, 0.15) is 16.7 Å². The molecule has 2 aromatic rings. The van der Waals surface area contributed by atoms with Crippen molar-refractivity contribution >= 4 is 17.1 Å². The van der Waals surface area contributed by atoms with Gasteiger partial charge in [-0.3, -0.25) is 0 Å². The van der Waals surface area contributed by atoms with Crippen LogP contribution < -0.4 is 17.2 Å². The molecule has 0 atom stereocenters. The van der Waals surface area contributed by atoms with E-state index in [2.05, 4.69) is 0 Å². The standard InChI is InChI=1S/C16H15F6N3/c1-8-5-6-9(7-12(8)24)14(15(17,18)19,16(20,21)22)10-3-2-4-11(23)13(10)25/h2-7H,23-25H2,1H3. The van der Waals surface area contributed by atoms with Crippen molar-refractivity contribution in [3.8, 4) is 0 Å². The number of nitrogen functional groups attached to an aromatic ring is 3. The van der Waals surface area contributed by atoms with Crippen LogP contribution >= 0.6 is 0 Å². The summed E-state index contributed by atoms with van der Waals surface area (Å²) in [6.07, 6.45) is -11.5. The lowest BCUT2D eigenvalue weighted by atomic mass is 9.71. The number of hydrogen-bond donors (Lipinski definition) is 3. The molecule has 0 bridgehead atoms. The zero-order valence-electron chi connectivity index (χ0n) is 13.0. The highest BCUT2D eigenvalue weighted by Crippen LogP contribution is 2.58. The van der Waals surface area contributed by atoms with Gasteiger partial charge in [-0.25, -0.2) is 0 Å². The van der Waals surface area contributed by atoms with Gasteiger partial charge in [-0.15, -0.1) is 0 Å². The van der Waals surface area contributed by atoms with Gasteiger partial charge in [-0.1, -0.05) is 24.3 Å². The van der Waals surface area contributed by atoms with Crippen molar-refractivity contribution in [1.82, 2.24) is 0 Å². The number of aryl methyl sites for hydroxylation is 1. The van der Waals surface area contributed by atoms with Gasteiger partial charge < -0.3 is 17.2 Å². The third-order valence-corrected chi connectivity index (χ3v) is 4.11. The first kappa shape index (κ1) is 18.8. The Kier molecular flexibility index (Phi) is 4.31. The quantitative estimate of drug-likeness (QED) is 0.554. The van der Waals surface area contributed by atoms with Gasteiger partial charge in [0.1, 0.15) is 0 Å². The monoisotopic (exact) mass is 363 g/mol. The van der Waals surface area contributed by atoms with Gasteiger partial charge in [0, 0.05) is 11.3 Å². The van der Waals surface area contributed by atoms with E-state index in [1.54, 1.807) is 0 Å². The second kappa shape index (κ2) is 5.75. The minimum Gasteiger partial charge on any atom is -0.399 e. The molecule has 0 aromatic heterocycles. The van der Waals surface area contributed by atoms with Crippen LogP contribution in [0.15, 0.2) is 36.4 Å². The van der Waals surface area contributed by atoms with Crippen LogP contribution in [-0.2, 0) is 5.41 Å². The smallest absolute Gasteiger partial charge is 0.399 e. The minimum absolute atomic E-state index is 0.196. The van der Waals surface area contributed by atoms with Crippen molar-refractivity contribution in [2.45, 2.75) is 24.7 Å². The van der Waals surface area contributed by atoms with Crippen molar-refractivity contribution in [2.75, 3.05) is 17.2 Å². The van der Waals surface area contributed by atoms with Crippen molar-refractivity contribution < 1.29 is 26.3 Å². The molecular formula is C16H15F6N3. The predicted octanol–water partition coefficient (Wildman–Crippen LogP) is 4.15. The molecule has 2 rings (SSSR count). The molecule has 0 aliphatic heterocycles. The molecule has 136 valence electrons. The van der Waals surface area contributed by atoms with Crippen LogP contribution in [0.2, 0.25) is 0 Å². The summed E-state index contributed by atoms with van der Waals surface area (Å²) >= 11 is 0. The number of alkyl halides is 6. The van der Waals surface area contributed by atoms with Crippen molar-refractivity contribution in [3.63, 3.8) is 0 Å². The van der Waals surface area contributed by atoms with Crippen LogP contribution in [0.25, 0.3) is 0 Å². The summed E-state index contributed by atoms with van der Waals surface area (Å²) < 4.78 is 83.6. The van der Waals surface area contributed by atoms with Gasteiger partial charge >= 0.3 is 12.4 Å². The molecule has 0 fully saturated rings. The maximum Gasteiger partial charge on any atom is 0.411 e. The minimum atomic E-state index is -5.74. The fraction of sp³-hybridized carbons (Fsp3) is 0.250. The van der Waals surface area contributed by atoms with E-state index in [9.17, 15) is 26.3 Å². The number of benzene rings is 2. The Morgan fingerprint density at radius 3 is 1.80 bits per heavy atom. The molecule has 0 saturated carbocycles. The fourth-order valence-electron chi connectivity index (χ4n) is 2.73. The molecule has 0 aliphatic rings. The summed E-state index contributed by atoms with van der Waals surface area (Å²) in [5, 5.41) is 0. The number of rotatable bonds is 2. The van der Waals surface area contributed by atoms with Crippen molar-refractivity contribution in [1.29, 1.82) is 0 Å². The maximum atomic E-state index is 13.9. The summed E-state index contributed by atoms with van der Waals surface area (Å²) in [7, 11) is 0. The highest BCUT2D eigenvalue weighted by atomic mass is 19.4. The summed E-state index contributed by atoms with van der Waals surface area (Å²) in [5.41, 5.74) is 8.89. The zero-order valence-corrected chi connectivity index (χ0v) is 13.0. The van der Waals surface area contributed by atoms with E-state index in [4.69, 9.17) is 17.2 Å². The number of anilines is 3. The third kappa shape index (κ3) is 2.73. The molecular weight excluding hydrogens is 348 g/mol.